The number of piperidine rings is 2. The molecule has 0 unspecified atom stereocenters. The van der Waals surface area contributed by atoms with Gasteiger partial charge in [0, 0.05) is 12.6 Å². The maximum absolute atomic E-state index is 13.6. The van der Waals surface area contributed by atoms with Crippen molar-refractivity contribution in [3.05, 3.63) is 17.3 Å². The molecule has 2 atom stereocenters. The average molecular weight is 299 g/mol. The molecule has 3 heterocycles. The zero-order chi connectivity index (χ0) is 13.9. The Kier molecular flexibility index (Phi) is 4.36. The maximum atomic E-state index is 13.6. The Balaban J connectivity index is 1.63. The monoisotopic (exact) mass is 298 g/mol. The van der Waals surface area contributed by atoms with Gasteiger partial charge in [0.1, 0.15) is 0 Å². The smallest absolute Gasteiger partial charge is 0.224 e. The third kappa shape index (κ3) is 3.04. The Morgan fingerprint density at radius 1 is 1.30 bits per heavy atom. The quantitative estimate of drug-likeness (QED) is 0.871. The molecular formula is C14H20ClFN4. The molecule has 1 aromatic rings. The molecule has 20 heavy (non-hydrogen) atoms. The number of halogens is 2. The predicted molar refractivity (Wildman–Crippen MR) is 77.4 cm³/mol. The van der Waals surface area contributed by atoms with Gasteiger partial charge in [-0.3, -0.25) is 0 Å². The van der Waals surface area contributed by atoms with Gasteiger partial charge in [-0.15, -0.1) is 0 Å². The average Bonchev–Trinajstić information content (AvgIpc) is 2.48. The van der Waals surface area contributed by atoms with Gasteiger partial charge < -0.3 is 10.2 Å². The summed E-state index contributed by atoms with van der Waals surface area (Å²) in [6, 6.07) is 0.644. The van der Waals surface area contributed by atoms with Gasteiger partial charge in [-0.05, 0) is 56.3 Å². The molecule has 0 saturated carbocycles. The SMILES string of the molecule is Fc1cnc(Cl)nc1NC[C@@H]1CCCN2CCCC[C@H]12. The van der Waals surface area contributed by atoms with Crippen LogP contribution in [0.1, 0.15) is 32.1 Å². The largest absolute Gasteiger partial charge is 0.367 e. The molecule has 4 nitrogen and oxygen atoms in total. The van der Waals surface area contributed by atoms with Gasteiger partial charge in [0.2, 0.25) is 5.28 Å². The van der Waals surface area contributed by atoms with Gasteiger partial charge in [-0.25, -0.2) is 9.37 Å². The minimum absolute atomic E-state index is 0.0804. The Labute approximate surface area is 123 Å². The zero-order valence-electron chi connectivity index (χ0n) is 11.5. The standard InChI is InChI=1S/C14H20ClFN4/c15-14-18-9-11(16)13(19-14)17-8-10-4-3-7-20-6-2-1-5-12(10)20/h9-10,12H,1-8H2,(H,17,18,19)/t10-,12+/m0/s1. The first-order chi connectivity index (χ1) is 9.74. The molecule has 2 fully saturated rings. The molecule has 0 bridgehead atoms. The van der Waals surface area contributed by atoms with Crippen molar-refractivity contribution in [1.29, 1.82) is 0 Å². The molecule has 0 spiro atoms. The molecule has 0 aromatic carbocycles. The molecule has 1 aromatic heterocycles. The molecule has 0 aliphatic carbocycles. The number of rotatable bonds is 3. The first-order valence-corrected chi connectivity index (χ1v) is 7.78. The second kappa shape index (κ2) is 6.22. The van der Waals surface area contributed by atoms with E-state index >= 15 is 0 Å². The van der Waals surface area contributed by atoms with Crippen LogP contribution in [0.4, 0.5) is 10.2 Å². The van der Waals surface area contributed by atoms with Crippen molar-refractivity contribution in [3.8, 4) is 0 Å². The number of anilines is 1. The fourth-order valence-corrected chi connectivity index (χ4v) is 3.65. The van der Waals surface area contributed by atoms with E-state index in [0.29, 0.717) is 12.0 Å². The normalized spacial score (nSPS) is 27.1. The lowest BCUT2D eigenvalue weighted by Gasteiger charge is -2.44. The molecule has 0 radical (unpaired) electrons. The Morgan fingerprint density at radius 3 is 3.05 bits per heavy atom. The lowest BCUT2D eigenvalue weighted by Crippen LogP contribution is -2.49. The number of hydrogen-bond donors (Lipinski definition) is 1. The highest BCUT2D eigenvalue weighted by atomic mass is 35.5. The second-order valence-electron chi connectivity index (χ2n) is 5.72. The van der Waals surface area contributed by atoms with Crippen molar-refractivity contribution >= 4 is 17.4 Å². The highest BCUT2D eigenvalue weighted by Gasteiger charge is 2.32. The Bertz CT molecular complexity index is 468. The van der Waals surface area contributed by atoms with E-state index in [1.807, 2.05) is 0 Å². The van der Waals surface area contributed by atoms with E-state index in [4.69, 9.17) is 11.6 Å². The molecule has 0 amide bonds. The lowest BCUT2D eigenvalue weighted by atomic mass is 9.83. The van der Waals surface area contributed by atoms with Crippen LogP contribution in [0.5, 0.6) is 0 Å². The third-order valence-electron chi connectivity index (χ3n) is 4.48. The van der Waals surface area contributed by atoms with Crippen LogP contribution in [0.15, 0.2) is 6.20 Å². The minimum Gasteiger partial charge on any atom is -0.367 e. The molecule has 110 valence electrons. The zero-order valence-corrected chi connectivity index (χ0v) is 12.2. The first-order valence-electron chi connectivity index (χ1n) is 7.40. The van der Waals surface area contributed by atoms with Gasteiger partial charge >= 0.3 is 0 Å². The van der Waals surface area contributed by atoms with Gasteiger partial charge in [-0.1, -0.05) is 6.42 Å². The van der Waals surface area contributed by atoms with E-state index in [1.54, 1.807) is 0 Å². The molecule has 3 rings (SSSR count). The summed E-state index contributed by atoms with van der Waals surface area (Å²) in [5, 5.41) is 3.20. The van der Waals surface area contributed by atoms with Gasteiger partial charge in [0.25, 0.3) is 0 Å². The summed E-state index contributed by atoms with van der Waals surface area (Å²) in [6.07, 6.45) is 7.44. The third-order valence-corrected chi connectivity index (χ3v) is 4.66. The van der Waals surface area contributed by atoms with Crippen molar-refractivity contribution < 1.29 is 4.39 Å². The van der Waals surface area contributed by atoms with Crippen LogP contribution < -0.4 is 5.32 Å². The number of hydrogen-bond acceptors (Lipinski definition) is 4. The van der Waals surface area contributed by atoms with Crippen LogP contribution in [-0.4, -0.2) is 40.5 Å². The molecule has 2 aliphatic rings. The summed E-state index contributed by atoms with van der Waals surface area (Å²) >= 11 is 5.71. The topological polar surface area (TPSA) is 41.1 Å². The molecular weight excluding hydrogens is 279 g/mol. The van der Waals surface area contributed by atoms with Crippen molar-refractivity contribution in [2.45, 2.75) is 38.1 Å². The van der Waals surface area contributed by atoms with Crippen LogP contribution in [0, 0.1) is 11.7 Å². The van der Waals surface area contributed by atoms with Crippen molar-refractivity contribution in [1.82, 2.24) is 14.9 Å². The second-order valence-corrected chi connectivity index (χ2v) is 6.06. The van der Waals surface area contributed by atoms with Crippen molar-refractivity contribution in [2.24, 2.45) is 5.92 Å². The highest BCUT2D eigenvalue weighted by molar-refractivity contribution is 6.28. The summed E-state index contributed by atoms with van der Waals surface area (Å²) in [5.41, 5.74) is 0. The molecule has 2 saturated heterocycles. The van der Waals surface area contributed by atoms with Crippen LogP contribution >= 0.6 is 11.6 Å². The van der Waals surface area contributed by atoms with E-state index in [2.05, 4.69) is 20.2 Å². The maximum Gasteiger partial charge on any atom is 0.224 e. The van der Waals surface area contributed by atoms with Crippen LogP contribution in [0.3, 0.4) is 0 Å². The van der Waals surface area contributed by atoms with E-state index in [0.717, 1.165) is 12.7 Å². The highest BCUT2D eigenvalue weighted by Crippen LogP contribution is 2.31. The Hall–Kier alpha value is -0.940. The van der Waals surface area contributed by atoms with E-state index < -0.39 is 5.82 Å². The summed E-state index contributed by atoms with van der Waals surface area (Å²) in [5.74, 6) is 0.348. The number of fused-ring (bicyclic) bond motifs is 1. The summed E-state index contributed by atoms with van der Waals surface area (Å²) in [4.78, 5) is 10.1. The van der Waals surface area contributed by atoms with Gasteiger partial charge in [0.05, 0.1) is 6.20 Å². The summed E-state index contributed by atoms with van der Waals surface area (Å²) in [6.45, 7) is 3.19. The van der Waals surface area contributed by atoms with E-state index in [1.165, 1.54) is 45.2 Å². The fourth-order valence-electron chi connectivity index (χ4n) is 3.51. The fraction of sp³-hybridized carbons (Fsp3) is 0.714. The van der Waals surface area contributed by atoms with Crippen molar-refractivity contribution in [3.63, 3.8) is 0 Å². The summed E-state index contributed by atoms with van der Waals surface area (Å²) < 4.78 is 13.6. The number of nitrogens with zero attached hydrogens (tertiary/aromatic N) is 3. The van der Waals surface area contributed by atoms with Crippen molar-refractivity contribution in [2.75, 3.05) is 25.0 Å². The van der Waals surface area contributed by atoms with Gasteiger partial charge in [-0.2, -0.15) is 4.98 Å². The van der Waals surface area contributed by atoms with Gasteiger partial charge in [0.15, 0.2) is 11.6 Å². The first kappa shape index (κ1) is 14.0. The van der Waals surface area contributed by atoms with E-state index in [-0.39, 0.29) is 11.1 Å². The summed E-state index contributed by atoms with van der Waals surface area (Å²) in [7, 11) is 0. The van der Waals surface area contributed by atoms with Crippen LogP contribution in [0.25, 0.3) is 0 Å². The minimum atomic E-state index is -0.439. The Morgan fingerprint density at radius 2 is 2.15 bits per heavy atom. The number of aromatic nitrogens is 2. The van der Waals surface area contributed by atoms with E-state index in [9.17, 15) is 4.39 Å². The molecule has 6 heteroatoms. The molecule has 2 aliphatic heterocycles. The molecule has 1 N–H and O–H groups in total. The predicted octanol–water partition coefficient (Wildman–Crippen LogP) is 2.95. The number of nitrogens with one attached hydrogen (secondary N) is 1. The van der Waals surface area contributed by atoms with Crippen LogP contribution in [-0.2, 0) is 0 Å². The lowest BCUT2D eigenvalue weighted by molar-refractivity contribution is 0.0648. The van der Waals surface area contributed by atoms with Crippen LogP contribution in [0.2, 0.25) is 5.28 Å².